The molecule has 0 aliphatic rings. The molecule has 0 saturated carbocycles. The van der Waals surface area contributed by atoms with Crippen LogP contribution >= 0.6 is 0 Å². The van der Waals surface area contributed by atoms with Crippen molar-refractivity contribution < 1.29 is 14.9 Å². The van der Waals surface area contributed by atoms with E-state index >= 15 is 0 Å². The van der Waals surface area contributed by atoms with Gasteiger partial charge in [0.15, 0.2) is 0 Å². The van der Waals surface area contributed by atoms with Gasteiger partial charge in [-0.05, 0) is 26.2 Å². The predicted octanol–water partition coefficient (Wildman–Crippen LogP) is 0.935. The first-order valence-electron chi connectivity index (χ1n) is 4.61. The maximum Gasteiger partial charge on any atom is 0.0806 e. The van der Waals surface area contributed by atoms with Crippen LogP contribution in [-0.2, 0) is 4.74 Å². The predicted molar refractivity (Wildman–Crippen MR) is 48.0 cm³/mol. The first kappa shape index (κ1) is 11.9. The molecule has 0 saturated heterocycles. The first-order valence-corrected chi connectivity index (χ1v) is 4.61. The highest BCUT2D eigenvalue weighted by Crippen LogP contribution is 2.05. The van der Waals surface area contributed by atoms with Crippen molar-refractivity contribution in [3.8, 4) is 0 Å². The maximum atomic E-state index is 8.99. The molecule has 2 N–H and O–H groups in total. The zero-order valence-corrected chi connectivity index (χ0v) is 7.99. The van der Waals surface area contributed by atoms with Crippen LogP contribution in [-0.4, -0.2) is 35.6 Å². The van der Waals surface area contributed by atoms with Gasteiger partial charge >= 0.3 is 0 Å². The minimum absolute atomic E-state index is 0.0483. The zero-order chi connectivity index (χ0) is 9.40. The van der Waals surface area contributed by atoms with E-state index in [2.05, 4.69) is 0 Å². The molecule has 0 heterocycles. The lowest BCUT2D eigenvalue weighted by molar-refractivity contribution is 0.00104. The standard InChI is InChI=1S/C9H20O3/c1-3-6-12-9(7-10)5-4-8(2)11/h8-11H,3-7H2,1-2H3. The topological polar surface area (TPSA) is 49.7 Å². The molecule has 2 unspecified atom stereocenters. The molecule has 2 atom stereocenters. The molecule has 0 spiro atoms. The van der Waals surface area contributed by atoms with E-state index in [9.17, 15) is 0 Å². The van der Waals surface area contributed by atoms with Gasteiger partial charge in [0.1, 0.15) is 0 Å². The van der Waals surface area contributed by atoms with Crippen LogP contribution in [0.15, 0.2) is 0 Å². The Hall–Kier alpha value is -0.120. The molecule has 0 aliphatic carbocycles. The van der Waals surface area contributed by atoms with Crippen molar-refractivity contribution >= 4 is 0 Å². The summed E-state index contributed by atoms with van der Waals surface area (Å²) in [5.74, 6) is 0. The van der Waals surface area contributed by atoms with Crippen molar-refractivity contribution in [2.24, 2.45) is 0 Å². The summed E-state index contributed by atoms with van der Waals surface area (Å²) in [6.07, 6.45) is 1.98. The molecule has 0 aromatic rings. The average molecular weight is 176 g/mol. The van der Waals surface area contributed by atoms with Gasteiger partial charge in [0.05, 0.1) is 18.8 Å². The summed E-state index contributed by atoms with van der Waals surface area (Å²) >= 11 is 0. The first-order chi connectivity index (χ1) is 5.70. The smallest absolute Gasteiger partial charge is 0.0806 e. The largest absolute Gasteiger partial charge is 0.394 e. The quantitative estimate of drug-likeness (QED) is 0.607. The van der Waals surface area contributed by atoms with Crippen molar-refractivity contribution in [2.75, 3.05) is 13.2 Å². The molecule has 0 radical (unpaired) electrons. The van der Waals surface area contributed by atoms with Crippen LogP contribution in [0.5, 0.6) is 0 Å². The van der Waals surface area contributed by atoms with Crippen LogP contribution in [0.25, 0.3) is 0 Å². The van der Waals surface area contributed by atoms with E-state index in [-0.39, 0.29) is 18.8 Å². The van der Waals surface area contributed by atoms with E-state index in [1.807, 2.05) is 6.92 Å². The van der Waals surface area contributed by atoms with Crippen LogP contribution in [0.3, 0.4) is 0 Å². The van der Waals surface area contributed by atoms with E-state index in [0.29, 0.717) is 13.0 Å². The van der Waals surface area contributed by atoms with Crippen molar-refractivity contribution in [3.63, 3.8) is 0 Å². The Morgan fingerprint density at radius 1 is 1.33 bits per heavy atom. The summed E-state index contributed by atoms with van der Waals surface area (Å²) in [4.78, 5) is 0. The summed E-state index contributed by atoms with van der Waals surface area (Å²) in [6, 6.07) is 0. The second-order valence-electron chi connectivity index (χ2n) is 3.10. The van der Waals surface area contributed by atoms with Gasteiger partial charge in [-0.15, -0.1) is 0 Å². The highest BCUT2D eigenvalue weighted by molar-refractivity contribution is 4.58. The normalized spacial score (nSPS) is 16.0. The molecule has 0 amide bonds. The number of ether oxygens (including phenoxy) is 1. The second-order valence-corrected chi connectivity index (χ2v) is 3.10. The Labute approximate surface area is 74.4 Å². The van der Waals surface area contributed by atoms with Gasteiger partial charge in [-0.2, -0.15) is 0 Å². The lowest BCUT2D eigenvalue weighted by Crippen LogP contribution is -2.20. The molecule has 0 fully saturated rings. The maximum absolute atomic E-state index is 8.99. The Balaban J connectivity index is 3.39. The van der Waals surface area contributed by atoms with E-state index in [4.69, 9.17) is 14.9 Å². The van der Waals surface area contributed by atoms with Crippen LogP contribution in [0.1, 0.15) is 33.1 Å². The van der Waals surface area contributed by atoms with Gasteiger partial charge in [-0.1, -0.05) is 6.92 Å². The Bertz CT molecular complexity index is 93.8. The number of hydrogen-bond donors (Lipinski definition) is 2. The Morgan fingerprint density at radius 3 is 2.42 bits per heavy atom. The summed E-state index contributed by atoms with van der Waals surface area (Å²) in [5, 5.41) is 17.8. The third kappa shape index (κ3) is 6.58. The third-order valence-electron chi connectivity index (χ3n) is 1.67. The molecule has 3 heteroatoms. The van der Waals surface area contributed by atoms with Crippen LogP contribution in [0.4, 0.5) is 0 Å². The fourth-order valence-electron chi connectivity index (χ4n) is 0.939. The molecule has 0 bridgehead atoms. The number of rotatable bonds is 7. The summed E-state index contributed by atoms with van der Waals surface area (Å²) in [6.45, 7) is 4.51. The van der Waals surface area contributed by atoms with E-state index in [0.717, 1.165) is 12.8 Å². The third-order valence-corrected chi connectivity index (χ3v) is 1.67. The average Bonchev–Trinajstić information content (AvgIpc) is 2.05. The molecular formula is C9H20O3. The van der Waals surface area contributed by atoms with Gasteiger partial charge in [0.2, 0.25) is 0 Å². The number of hydrogen-bond acceptors (Lipinski definition) is 3. The molecule has 0 aliphatic heterocycles. The van der Waals surface area contributed by atoms with Gasteiger partial charge in [0.25, 0.3) is 0 Å². The van der Waals surface area contributed by atoms with Crippen molar-refractivity contribution in [2.45, 2.75) is 45.3 Å². The Morgan fingerprint density at radius 2 is 2.00 bits per heavy atom. The van der Waals surface area contributed by atoms with Crippen LogP contribution < -0.4 is 0 Å². The zero-order valence-electron chi connectivity index (χ0n) is 7.99. The van der Waals surface area contributed by atoms with Gasteiger partial charge in [-0.25, -0.2) is 0 Å². The highest BCUT2D eigenvalue weighted by Gasteiger charge is 2.08. The van der Waals surface area contributed by atoms with E-state index in [1.54, 1.807) is 6.92 Å². The SMILES string of the molecule is CCCOC(CO)CCC(C)O. The lowest BCUT2D eigenvalue weighted by atomic mass is 10.1. The van der Waals surface area contributed by atoms with Crippen LogP contribution in [0.2, 0.25) is 0 Å². The fraction of sp³-hybridized carbons (Fsp3) is 1.00. The fourth-order valence-corrected chi connectivity index (χ4v) is 0.939. The summed E-state index contributed by atoms with van der Waals surface area (Å²) < 4.78 is 5.33. The van der Waals surface area contributed by atoms with E-state index in [1.165, 1.54) is 0 Å². The van der Waals surface area contributed by atoms with Gasteiger partial charge < -0.3 is 14.9 Å². The Kier molecular flexibility index (Phi) is 7.45. The molecule has 0 rings (SSSR count). The van der Waals surface area contributed by atoms with Gasteiger partial charge in [-0.3, -0.25) is 0 Å². The minimum atomic E-state index is -0.302. The van der Waals surface area contributed by atoms with Crippen molar-refractivity contribution in [3.05, 3.63) is 0 Å². The van der Waals surface area contributed by atoms with Crippen molar-refractivity contribution in [1.29, 1.82) is 0 Å². The highest BCUT2D eigenvalue weighted by atomic mass is 16.5. The minimum Gasteiger partial charge on any atom is -0.394 e. The number of aliphatic hydroxyl groups excluding tert-OH is 2. The van der Waals surface area contributed by atoms with Crippen molar-refractivity contribution in [1.82, 2.24) is 0 Å². The summed E-state index contributed by atoms with van der Waals surface area (Å²) in [7, 11) is 0. The molecule has 0 aromatic carbocycles. The van der Waals surface area contributed by atoms with E-state index < -0.39 is 0 Å². The number of aliphatic hydroxyl groups is 2. The molecule has 74 valence electrons. The molecular weight excluding hydrogens is 156 g/mol. The molecule has 3 nitrogen and oxygen atoms in total. The molecule has 12 heavy (non-hydrogen) atoms. The molecule has 0 aromatic heterocycles. The van der Waals surface area contributed by atoms with Crippen LogP contribution in [0, 0.1) is 0 Å². The second kappa shape index (κ2) is 7.53. The lowest BCUT2D eigenvalue weighted by Gasteiger charge is -2.15. The monoisotopic (exact) mass is 176 g/mol. The summed E-state index contributed by atoms with van der Waals surface area (Å²) in [5.41, 5.74) is 0. The van der Waals surface area contributed by atoms with Gasteiger partial charge in [0, 0.05) is 6.61 Å².